The molecule has 0 aromatic heterocycles. The predicted molar refractivity (Wildman–Crippen MR) is 61.0 cm³/mol. The highest BCUT2D eigenvalue weighted by atomic mass is 16.5. The minimum Gasteiger partial charge on any atom is -0.382 e. The molecule has 3 nitrogen and oxygen atoms in total. The number of rotatable bonds is 10. The van der Waals surface area contributed by atoms with E-state index in [0.717, 1.165) is 19.4 Å². The van der Waals surface area contributed by atoms with Crippen molar-refractivity contribution in [3.63, 3.8) is 0 Å². The lowest BCUT2D eigenvalue weighted by atomic mass is 10.0. The van der Waals surface area contributed by atoms with Crippen LogP contribution in [0.15, 0.2) is 0 Å². The van der Waals surface area contributed by atoms with Crippen LogP contribution in [-0.2, 0) is 14.3 Å². The minimum absolute atomic E-state index is 0.377. The Balaban J connectivity index is 3.13. The van der Waals surface area contributed by atoms with E-state index in [4.69, 9.17) is 9.47 Å². The number of ketones is 1. The fraction of sp³-hybridized carbons (Fsp3) is 0.917. The normalized spacial score (nSPS) is 10.9. The Morgan fingerprint density at radius 1 is 1.13 bits per heavy atom. The van der Waals surface area contributed by atoms with Crippen LogP contribution in [0.2, 0.25) is 0 Å². The zero-order valence-corrected chi connectivity index (χ0v) is 10.3. The summed E-state index contributed by atoms with van der Waals surface area (Å²) >= 11 is 0. The van der Waals surface area contributed by atoms with E-state index in [9.17, 15) is 4.79 Å². The van der Waals surface area contributed by atoms with Crippen molar-refractivity contribution in [3.8, 4) is 0 Å². The van der Waals surface area contributed by atoms with Gasteiger partial charge >= 0.3 is 0 Å². The second-order valence-electron chi connectivity index (χ2n) is 4.20. The van der Waals surface area contributed by atoms with Crippen molar-refractivity contribution >= 4 is 5.78 Å². The lowest BCUT2D eigenvalue weighted by Gasteiger charge is -2.04. The van der Waals surface area contributed by atoms with Gasteiger partial charge in [0.05, 0.1) is 13.2 Å². The molecule has 0 bridgehead atoms. The third-order valence-corrected chi connectivity index (χ3v) is 2.06. The van der Waals surface area contributed by atoms with Crippen molar-refractivity contribution in [2.45, 2.75) is 39.5 Å². The van der Waals surface area contributed by atoms with Crippen molar-refractivity contribution in [1.82, 2.24) is 0 Å². The molecule has 0 radical (unpaired) electrons. The maximum Gasteiger partial charge on any atom is 0.133 e. The Morgan fingerprint density at radius 2 is 1.87 bits per heavy atom. The molecule has 3 heteroatoms. The number of unbranched alkanes of at least 4 members (excludes halogenated alkanes) is 1. The van der Waals surface area contributed by atoms with Crippen molar-refractivity contribution < 1.29 is 14.3 Å². The van der Waals surface area contributed by atoms with E-state index in [2.05, 4.69) is 13.8 Å². The van der Waals surface area contributed by atoms with Gasteiger partial charge in [0.25, 0.3) is 0 Å². The van der Waals surface area contributed by atoms with Crippen molar-refractivity contribution in [2.75, 3.05) is 26.9 Å². The molecule has 0 aromatic carbocycles. The molecule has 0 aliphatic heterocycles. The summed E-state index contributed by atoms with van der Waals surface area (Å²) in [7, 11) is 1.66. The summed E-state index contributed by atoms with van der Waals surface area (Å²) < 4.78 is 10.2. The quantitative estimate of drug-likeness (QED) is 0.526. The molecule has 15 heavy (non-hydrogen) atoms. The Bertz CT molecular complexity index is 155. The second-order valence-corrected chi connectivity index (χ2v) is 4.20. The van der Waals surface area contributed by atoms with E-state index in [1.54, 1.807) is 7.11 Å². The highest BCUT2D eigenvalue weighted by molar-refractivity contribution is 5.78. The molecule has 0 aliphatic rings. The van der Waals surface area contributed by atoms with E-state index >= 15 is 0 Å². The molecule has 0 amide bonds. The van der Waals surface area contributed by atoms with E-state index in [1.807, 2.05) is 0 Å². The first kappa shape index (κ1) is 14.6. The zero-order chi connectivity index (χ0) is 11.5. The molecule has 0 fully saturated rings. The molecule has 0 rings (SSSR count). The third kappa shape index (κ3) is 11.5. The van der Waals surface area contributed by atoms with Gasteiger partial charge in [0.2, 0.25) is 0 Å². The maximum atomic E-state index is 11.3. The molecule has 0 heterocycles. The van der Waals surface area contributed by atoms with Gasteiger partial charge in [0, 0.05) is 26.6 Å². The first-order valence-corrected chi connectivity index (χ1v) is 5.75. The van der Waals surface area contributed by atoms with Gasteiger partial charge in [-0.25, -0.2) is 0 Å². The number of Topliss-reactive ketones (excluding diaryl/α,β-unsaturated/α-hetero) is 1. The average molecular weight is 216 g/mol. The predicted octanol–water partition coefficient (Wildman–Crippen LogP) is 2.43. The summed E-state index contributed by atoms with van der Waals surface area (Å²) in [6.45, 7) is 6.18. The topological polar surface area (TPSA) is 35.5 Å². The fourth-order valence-electron chi connectivity index (χ4n) is 1.33. The molecular formula is C12H24O3. The first-order chi connectivity index (χ1) is 7.16. The van der Waals surface area contributed by atoms with Crippen LogP contribution in [0.25, 0.3) is 0 Å². The molecule has 90 valence electrons. The molecule has 0 saturated heterocycles. The molecule has 0 spiro atoms. The van der Waals surface area contributed by atoms with Gasteiger partial charge in [0.1, 0.15) is 5.78 Å². The lowest BCUT2D eigenvalue weighted by Crippen LogP contribution is -2.05. The molecular weight excluding hydrogens is 192 g/mol. The van der Waals surface area contributed by atoms with Crippen LogP contribution in [0.3, 0.4) is 0 Å². The standard InChI is InChI=1S/C12H24O3/c1-11(2)10-12(13)6-4-5-7-15-9-8-14-3/h11H,4-10H2,1-3H3. The Kier molecular flexibility index (Phi) is 9.84. The molecule has 0 atom stereocenters. The Hall–Kier alpha value is -0.410. The summed E-state index contributed by atoms with van der Waals surface area (Å²) in [5.74, 6) is 0.859. The van der Waals surface area contributed by atoms with Gasteiger partial charge in [-0.2, -0.15) is 0 Å². The summed E-state index contributed by atoms with van der Waals surface area (Å²) in [5.41, 5.74) is 0. The second kappa shape index (κ2) is 10.1. The number of ether oxygens (including phenoxy) is 2. The van der Waals surface area contributed by atoms with E-state index in [1.165, 1.54) is 0 Å². The summed E-state index contributed by atoms with van der Waals surface area (Å²) in [4.78, 5) is 11.3. The van der Waals surface area contributed by atoms with Crippen molar-refractivity contribution in [1.29, 1.82) is 0 Å². The van der Waals surface area contributed by atoms with Gasteiger partial charge < -0.3 is 9.47 Å². The van der Waals surface area contributed by atoms with Crippen molar-refractivity contribution in [3.05, 3.63) is 0 Å². The van der Waals surface area contributed by atoms with Gasteiger partial charge in [-0.1, -0.05) is 13.8 Å². The molecule has 0 aromatic rings. The summed E-state index contributed by atoms with van der Waals surface area (Å²) in [6, 6.07) is 0. The monoisotopic (exact) mass is 216 g/mol. The van der Waals surface area contributed by atoms with E-state index in [-0.39, 0.29) is 0 Å². The lowest BCUT2D eigenvalue weighted by molar-refractivity contribution is -0.119. The summed E-state index contributed by atoms with van der Waals surface area (Å²) in [6.07, 6.45) is 3.32. The van der Waals surface area contributed by atoms with Crippen molar-refractivity contribution in [2.24, 2.45) is 5.92 Å². The molecule has 0 unspecified atom stereocenters. The van der Waals surface area contributed by atoms with E-state index < -0.39 is 0 Å². The van der Waals surface area contributed by atoms with Crippen LogP contribution >= 0.6 is 0 Å². The van der Waals surface area contributed by atoms with Crippen LogP contribution in [0, 0.1) is 5.92 Å². The zero-order valence-electron chi connectivity index (χ0n) is 10.3. The van der Waals surface area contributed by atoms with Gasteiger partial charge in [0.15, 0.2) is 0 Å². The number of hydrogen-bond acceptors (Lipinski definition) is 3. The smallest absolute Gasteiger partial charge is 0.133 e. The number of carbonyl (C=O) groups excluding carboxylic acids is 1. The van der Waals surface area contributed by atoms with Crippen LogP contribution in [-0.4, -0.2) is 32.7 Å². The third-order valence-electron chi connectivity index (χ3n) is 2.06. The van der Waals surface area contributed by atoms with Crippen LogP contribution in [0.4, 0.5) is 0 Å². The molecule has 0 aliphatic carbocycles. The Morgan fingerprint density at radius 3 is 2.47 bits per heavy atom. The largest absolute Gasteiger partial charge is 0.382 e. The van der Waals surface area contributed by atoms with Crippen LogP contribution < -0.4 is 0 Å². The number of methoxy groups -OCH3 is 1. The van der Waals surface area contributed by atoms with Gasteiger partial charge in [-0.3, -0.25) is 4.79 Å². The van der Waals surface area contributed by atoms with Crippen LogP contribution in [0.1, 0.15) is 39.5 Å². The number of carbonyl (C=O) groups is 1. The fourth-order valence-corrected chi connectivity index (χ4v) is 1.33. The summed E-state index contributed by atoms with van der Waals surface area (Å²) in [5, 5.41) is 0. The molecule has 0 N–H and O–H groups in total. The van der Waals surface area contributed by atoms with Crippen LogP contribution in [0.5, 0.6) is 0 Å². The average Bonchev–Trinajstić information content (AvgIpc) is 2.15. The molecule has 0 saturated carbocycles. The van der Waals surface area contributed by atoms with Gasteiger partial charge in [-0.05, 0) is 18.8 Å². The highest BCUT2D eigenvalue weighted by Crippen LogP contribution is 2.06. The minimum atomic E-state index is 0.377. The Labute approximate surface area is 93.1 Å². The maximum absolute atomic E-state index is 11.3. The van der Waals surface area contributed by atoms with E-state index in [0.29, 0.717) is 37.8 Å². The number of hydrogen-bond donors (Lipinski definition) is 0. The van der Waals surface area contributed by atoms with Gasteiger partial charge in [-0.15, -0.1) is 0 Å². The first-order valence-electron chi connectivity index (χ1n) is 5.75. The SMILES string of the molecule is COCCOCCCCC(=O)CC(C)C. The highest BCUT2D eigenvalue weighted by Gasteiger charge is 2.04.